The predicted octanol–water partition coefficient (Wildman–Crippen LogP) is -2.54. The van der Waals surface area contributed by atoms with E-state index >= 15 is 0 Å². The molecule has 0 unspecified atom stereocenters. The summed E-state index contributed by atoms with van der Waals surface area (Å²) < 4.78 is 40.5. The highest BCUT2D eigenvalue weighted by Crippen LogP contribution is 2.21. The molecule has 1 aliphatic rings. The van der Waals surface area contributed by atoms with Crippen molar-refractivity contribution in [1.82, 2.24) is 5.32 Å². The van der Waals surface area contributed by atoms with E-state index in [2.05, 4.69) is 4.74 Å². The molecule has 0 spiro atoms. The second-order valence-electron chi connectivity index (χ2n) is 3.73. The summed E-state index contributed by atoms with van der Waals surface area (Å²) in [5, 5.41) is 38.1. The van der Waals surface area contributed by atoms with Crippen molar-refractivity contribution < 1.29 is 43.1 Å². The number of halogens is 3. The van der Waals surface area contributed by atoms with Crippen LogP contribution >= 0.6 is 0 Å². The topological polar surface area (TPSA) is 119 Å². The van der Waals surface area contributed by atoms with Gasteiger partial charge in [0.1, 0.15) is 24.4 Å². The molecule has 1 heterocycles. The van der Waals surface area contributed by atoms with Gasteiger partial charge in [0.25, 0.3) is 0 Å². The minimum absolute atomic E-state index is 0.755. The van der Waals surface area contributed by atoms with Gasteiger partial charge < -0.3 is 30.5 Å². The third kappa shape index (κ3) is 3.09. The van der Waals surface area contributed by atoms with Gasteiger partial charge in [0.05, 0.1) is 6.61 Å². The normalized spacial score (nSPS) is 37.4. The van der Waals surface area contributed by atoms with E-state index in [-0.39, 0.29) is 0 Å². The maximum atomic E-state index is 12.0. The smallest absolute Gasteiger partial charge is 0.394 e. The van der Waals surface area contributed by atoms with Crippen molar-refractivity contribution in [2.24, 2.45) is 0 Å². The minimum Gasteiger partial charge on any atom is -0.394 e. The Morgan fingerprint density at radius 2 is 1.78 bits per heavy atom. The van der Waals surface area contributed by atoms with Crippen LogP contribution in [0.4, 0.5) is 13.2 Å². The zero-order valence-electron chi connectivity index (χ0n) is 8.83. The lowest BCUT2D eigenvalue weighted by Gasteiger charge is -2.40. The number of hydrogen-bond acceptors (Lipinski definition) is 6. The van der Waals surface area contributed by atoms with E-state index in [1.165, 1.54) is 5.32 Å². The van der Waals surface area contributed by atoms with Crippen molar-refractivity contribution in [3.8, 4) is 0 Å². The molecule has 0 radical (unpaired) electrons. The molecule has 18 heavy (non-hydrogen) atoms. The van der Waals surface area contributed by atoms with E-state index in [1.54, 1.807) is 0 Å². The quantitative estimate of drug-likeness (QED) is 0.379. The predicted molar refractivity (Wildman–Crippen MR) is 48.0 cm³/mol. The summed E-state index contributed by atoms with van der Waals surface area (Å²) in [5.41, 5.74) is 0. The van der Waals surface area contributed by atoms with Crippen molar-refractivity contribution in [2.45, 2.75) is 36.8 Å². The Morgan fingerprint density at radius 3 is 2.22 bits per heavy atom. The van der Waals surface area contributed by atoms with Crippen LogP contribution in [0.5, 0.6) is 0 Å². The Labute approximate surface area is 98.8 Å². The van der Waals surface area contributed by atoms with E-state index in [0.29, 0.717) is 0 Å². The first-order valence-corrected chi connectivity index (χ1v) is 4.86. The fourth-order valence-corrected chi connectivity index (χ4v) is 1.49. The van der Waals surface area contributed by atoms with Crippen LogP contribution in [0.2, 0.25) is 0 Å². The first-order valence-electron chi connectivity index (χ1n) is 4.86. The van der Waals surface area contributed by atoms with Crippen LogP contribution < -0.4 is 5.32 Å². The lowest BCUT2D eigenvalue weighted by molar-refractivity contribution is -0.256. The number of amides is 1. The van der Waals surface area contributed by atoms with Crippen LogP contribution in [0.3, 0.4) is 0 Å². The number of aliphatic hydroxyl groups excluding tert-OH is 4. The Balaban J connectivity index is 2.74. The summed E-state index contributed by atoms with van der Waals surface area (Å²) in [4.78, 5) is 10.6. The molecule has 0 aromatic carbocycles. The first kappa shape index (κ1) is 15.1. The molecule has 10 heteroatoms. The highest BCUT2D eigenvalue weighted by atomic mass is 19.4. The lowest BCUT2D eigenvalue weighted by atomic mass is 9.97. The first-order chi connectivity index (χ1) is 8.18. The summed E-state index contributed by atoms with van der Waals surface area (Å²) >= 11 is 0. The van der Waals surface area contributed by atoms with Crippen LogP contribution in [0, 0.1) is 0 Å². The maximum absolute atomic E-state index is 12.0. The Hall–Kier alpha value is -0.940. The minimum atomic E-state index is -5.20. The van der Waals surface area contributed by atoms with E-state index in [1.807, 2.05) is 0 Å². The fraction of sp³-hybridized carbons (Fsp3) is 0.875. The molecule has 5 atom stereocenters. The Morgan fingerprint density at radius 1 is 1.22 bits per heavy atom. The molecular weight excluding hydrogens is 263 g/mol. The van der Waals surface area contributed by atoms with Crippen molar-refractivity contribution in [2.75, 3.05) is 6.61 Å². The molecule has 0 aromatic rings. The maximum Gasteiger partial charge on any atom is 0.471 e. The van der Waals surface area contributed by atoms with Gasteiger partial charge in [0.2, 0.25) is 0 Å². The largest absolute Gasteiger partial charge is 0.471 e. The number of alkyl halides is 3. The number of hydrogen-bond donors (Lipinski definition) is 5. The number of nitrogens with one attached hydrogen (secondary N) is 1. The van der Waals surface area contributed by atoms with Gasteiger partial charge in [-0.05, 0) is 0 Å². The molecule has 0 aliphatic carbocycles. The van der Waals surface area contributed by atoms with Gasteiger partial charge >= 0.3 is 12.1 Å². The van der Waals surface area contributed by atoms with Crippen molar-refractivity contribution in [3.63, 3.8) is 0 Å². The second-order valence-corrected chi connectivity index (χ2v) is 3.73. The van der Waals surface area contributed by atoms with E-state index in [9.17, 15) is 33.3 Å². The van der Waals surface area contributed by atoms with Crippen LogP contribution in [0.15, 0.2) is 0 Å². The van der Waals surface area contributed by atoms with Gasteiger partial charge in [-0.3, -0.25) is 4.79 Å². The van der Waals surface area contributed by atoms with Crippen molar-refractivity contribution in [3.05, 3.63) is 0 Å². The van der Waals surface area contributed by atoms with Crippen molar-refractivity contribution in [1.29, 1.82) is 0 Å². The third-order valence-electron chi connectivity index (χ3n) is 2.46. The summed E-state index contributed by atoms with van der Waals surface area (Å²) in [5.74, 6) is -2.39. The van der Waals surface area contributed by atoms with Crippen LogP contribution in [0.25, 0.3) is 0 Å². The molecule has 1 aliphatic heterocycles. The van der Waals surface area contributed by atoms with Gasteiger partial charge in [-0.15, -0.1) is 0 Å². The number of carbonyl (C=O) groups is 1. The molecule has 1 fully saturated rings. The standard InChI is InChI=1S/C8H12F3NO6/c9-8(10,11)7(17)12-3-5(15)4(14)2(1-13)18-6(3)16/h2-6,13-16H,1H2,(H,12,17)/t2-,3-,4-,5+,6-/m1/s1. The Bertz CT molecular complexity index is 312. The number of ether oxygens (including phenoxy) is 1. The highest BCUT2D eigenvalue weighted by molar-refractivity contribution is 5.82. The van der Waals surface area contributed by atoms with Gasteiger partial charge in [-0.2, -0.15) is 13.2 Å². The molecule has 106 valence electrons. The van der Waals surface area contributed by atoms with E-state index < -0.39 is 49.3 Å². The summed E-state index contributed by atoms with van der Waals surface area (Å²) in [6.07, 6.45) is -12.2. The molecule has 7 nitrogen and oxygen atoms in total. The molecule has 1 amide bonds. The zero-order chi connectivity index (χ0) is 14.1. The number of aliphatic hydroxyl groups is 4. The lowest BCUT2D eigenvalue weighted by Crippen LogP contribution is -2.65. The van der Waals surface area contributed by atoms with Gasteiger partial charge in [-0.1, -0.05) is 0 Å². The monoisotopic (exact) mass is 275 g/mol. The third-order valence-corrected chi connectivity index (χ3v) is 2.46. The van der Waals surface area contributed by atoms with Gasteiger partial charge in [-0.25, -0.2) is 0 Å². The molecular formula is C8H12F3NO6. The molecule has 1 rings (SSSR count). The average molecular weight is 275 g/mol. The fourth-order valence-electron chi connectivity index (χ4n) is 1.49. The molecule has 1 saturated heterocycles. The molecule has 5 N–H and O–H groups in total. The molecule has 0 saturated carbocycles. The highest BCUT2D eigenvalue weighted by Gasteiger charge is 2.48. The van der Waals surface area contributed by atoms with Crippen molar-refractivity contribution >= 4 is 5.91 Å². The van der Waals surface area contributed by atoms with Crippen LogP contribution in [0.1, 0.15) is 0 Å². The zero-order valence-corrected chi connectivity index (χ0v) is 8.83. The molecule has 0 bridgehead atoms. The summed E-state index contributed by atoms with van der Waals surface area (Å²) in [6.45, 7) is -0.755. The van der Waals surface area contributed by atoms with Crippen LogP contribution in [-0.4, -0.2) is 69.8 Å². The molecule has 0 aromatic heterocycles. The van der Waals surface area contributed by atoms with Crippen LogP contribution in [-0.2, 0) is 9.53 Å². The number of rotatable bonds is 2. The van der Waals surface area contributed by atoms with E-state index in [0.717, 1.165) is 0 Å². The summed E-state index contributed by atoms with van der Waals surface area (Å²) in [7, 11) is 0. The van der Waals surface area contributed by atoms with Gasteiger partial charge in [0, 0.05) is 0 Å². The average Bonchev–Trinajstić information content (AvgIpc) is 2.27. The number of carbonyl (C=O) groups excluding carboxylic acids is 1. The Kier molecular flexibility index (Phi) is 4.50. The second kappa shape index (κ2) is 5.36. The van der Waals surface area contributed by atoms with E-state index in [4.69, 9.17) is 5.11 Å². The summed E-state index contributed by atoms with van der Waals surface area (Å²) in [6, 6.07) is -1.85. The van der Waals surface area contributed by atoms with Gasteiger partial charge in [0.15, 0.2) is 6.29 Å². The SMILES string of the molecule is O=C(N[C@@H]1[C@H](O)[C@H](O)[C@@H](CO)O[C@H]1O)C(F)(F)F.